The van der Waals surface area contributed by atoms with Crippen LogP contribution >= 0.6 is 11.6 Å². The molecular weight excluding hydrogens is 392 g/mol. The van der Waals surface area contributed by atoms with Gasteiger partial charge in [0.2, 0.25) is 0 Å². The van der Waals surface area contributed by atoms with Crippen molar-refractivity contribution in [3.05, 3.63) is 99.3 Å². The predicted molar refractivity (Wildman–Crippen MR) is 111 cm³/mol. The number of nitro groups is 1. The summed E-state index contributed by atoms with van der Waals surface area (Å²) in [6.07, 6.45) is 3.15. The molecule has 0 bridgehead atoms. The summed E-state index contributed by atoms with van der Waals surface area (Å²) < 4.78 is 0. The van der Waals surface area contributed by atoms with Crippen LogP contribution in [0.3, 0.4) is 0 Å². The van der Waals surface area contributed by atoms with Crippen molar-refractivity contribution in [3.8, 4) is 5.75 Å². The Bertz CT molecular complexity index is 1200. The van der Waals surface area contributed by atoms with E-state index >= 15 is 0 Å². The minimum atomic E-state index is -0.782. The molecule has 0 saturated carbocycles. The van der Waals surface area contributed by atoms with E-state index in [1.807, 2.05) is 0 Å². The van der Waals surface area contributed by atoms with Crippen LogP contribution in [0.1, 0.15) is 17.2 Å². The molecule has 0 saturated heterocycles. The van der Waals surface area contributed by atoms with Gasteiger partial charge in [-0.05, 0) is 36.4 Å². The van der Waals surface area contributed by atoms with Crippen molar-refractivity contribution in [1.82, 2.24) is 9.97 Å². The largest absolute Gasteiger partial charge is 0.505 e. The lowest BCUT2D eigenvalue weighted by Gasteiger charge is -2.22. The van der Waals surface area contributed by atoms with Crippen molar-refractivity contribution in [2.75, 3.05) is 5.32 Å². The van der Waals surface area contributed by atoms with Crippen LogP contribution in [0.2, 0.25) is 5.02 Å². The minimum Gasteiger partial charge on any atom is -0.505 e. The topological polar surface area (TPSA) is 101 Å². The SMILES string of the molecule is O=[N+]([O-])c1ccccc1[C@@H](Nc1ccccn1)c1cc(Cl)c2cccnc2c1O. The molecular formula is C21H15ClN4O3. The molecule has 0 aliphatic carbocycles. The van der Waals surface area contributed by atoms with Crippen LogP contribution < -0.4 is 5.32 Å². The van der Waals surface area contributed by atoms with E-state index < -0.39 is 11.0 Å². The monoisotopic (exact) mass is 406 g/mol. The number of phenolic OH excluding ortho intramolecular Hbond substituents is 1. The van der Waals surface area contributed by atoms with Gasteiger partial charge in [0.05, 0.1) is 21.6 Å². The van der Waals surface area contributed by atoms with Gasteiger partial charge < -0.3 is 10.4 Å². The minimum absolute atomic E-state index is 0.0856. The van der Waals surface area contributed by atoms with E-state index in [9.17, 15) is 15.2 Å². The normalized spacial score (nSPS) is 11.9. The second-order valence-electron chi connectivity index (χ2n) is 6.30. The first-order chi connectivity index (χ1) is 14.1. The number of benzene rings is 2. The Morgan fingerprint density at radius 2 is 1.76 bits per heavy atom. The zero-order valence-electron chi connectivity index (χ0n) is 15.0. The molecule has 2 heterocycles. The molecule has 0 amide bonds. The number of nitro benzene ring substituents is 1. The number of para-hydroxylation sites is 1. The molecule has 2 N–H and O–H groups in total. The molecule has 0 spiro atoms. The van der Waals surface area contributed by atoms with Gasteiger partial charge in [-0.2, -0.15) is 0 Å². The Balaban J connectivity index is 1.96. The second-order valence-corrected chi connectivity index (χ2v) is 6.71. The number of nitrogens with one attached hydrogen (secondary N) is 1. The van der Waals surface area contributed by atoms with Crippen LogP contribution in [0.15, 0.2) is 73.1 Å². The fourth-order valence-electron chi connectivity index (χ4n) is 3.24. The summed E-state index contributed by atoms with van der Waals surface area (Å²) in [5, 5.41) is 26.7. The van der Waals surface area contributed by atoms with Crippen molar-refractivity contribution < 1.29 is 10.0 Å². The van der Waals surface area contributed by atoms with Crippen molar-refractivity contribution in [3.63, 3.8) is 0 Å². The number of pyridine rings is 2. The number of anilines is 1. The number of rotatable bonds is 5. The van der Waals surface area contributed by atoms with E-state index in [1.54, 1.807) is 67.0 Å². The molecule has 0 aliphatic rings. The van der Waals surface area contributed by atoms with Gasteiger partial charge in [-0.3, -0.25) is 15.1 Å². The molecule has 0 aliphatic heterocycles. The van der Waals surface area contributed by atoms with Gasteiger partial charge >= 0.3 is 0 Å². The maximum absolute atomic E-state index is 11.6. The molecule has 0 unspecified atom stereocenters. The van der Waals surface area contributed by atoms with Crippen LogP contribution in [0.5, 0.6) is 5.75 Å². The maximum atomic E-state index is 11.6. The number of hydrogen-bond donors (Lipinski definition) is 2. The van der Waals surface area contributed by atoms with Gasteiger partial charge in [-0.1, -0.05) is 29.8 Å². The van der Waals surface area contributed by atoms with E-state index in [2.05, 4.69) is 15.3 Å². The van der Waals surface area contributed by atoms with Crippen LogP contribution in [0.25, 0.3) is 10.9 Å². The Morgan fingerprint density at radius 3 is 2.52 bits per heavy atom. The third kappa shape index (κ3) is 3.55. The number of halogens is 1. The quantitative estimate of drug-likeness (QED) is 0.353. The average molecular weight is 407 g/mol. The molecule has 29 heavy (non-hydrogen) atoms. The highest BCUT2D eigenvalue weighted by molar-refractivity contribution is 6.35. The van der Waals surface area contributed by atoms with Gasteiger partial charge in [0.1, 0.15) is 17.1 Å². The average Bonchev–Trinajstić information content (AvgIpc) is 2.75. The summed E-state index contributed by atoms with van der Waals surface area (Å²) in [7, 11) is 0. The summed E-state index contributed by atoms with van der Waals surface area (Å²) in [5.74, 6) is 0.392. The highest BCUT2D eigenvalue weighted by Gasteiger charge is 2.27. The lowest BCUT2D eigenvalue weighted by Crippen LogP contribution is -2.15. The molecule has 0 radical (unpaired) electrons. The molecule has 4 aromatic rings. The van der Waals surface area contributed by atoms with Crippen molar-refractivity contribution >= 4 is 34.0 Å². The van der Waals surface area contributed by atoms with Crippen LogP contribution in [0.4, 0.5) is 11.5 Å². The smallest absolute Gasteiger partial charge is 0.275 e. The number of phenols is 1. The van der Waals surface area contributed by atoms with E-state index in [4.69, 9.17) is 11.6 Å². The Hall–Kier alpha value is -3.71. The third-order valence-corrected chi connectivity index (χ3v) is 4.87. The number of aromatic hydroxyl groups is 1. The second kappa shape index (κ2) is 7.73. The van der Waals surface area contributed by atoms with Crippen LogP contribution in [-0.4, -0.2) is 20.0 Å². The lowest BCUT2D eigenvalue weighted by atomic mass is 9.95. The van der Waals surface area contributed by atoms with E-state index in [0.717, 1.165) is 0 Å². The highest BCUT2D eigenvalue weighted by Crippen LogP contribution is 2.41. The molecule has 1 atom stereocenters. The summed E-state index contributed by atoms with van der Waals surface area (Å²) >= 11 is 6.44. The number of aromatic nitrogens is 2. The van der Waals surface area contributed by atoms with Gasteiger partial charge in [0, 0.05) is 29.4 Å². The van der Waals surface area contributed by atoms with E-state index in [0.29, 0.717) is 32.9 Å². The van der Waals surface area contributed by atoms with Gasteiger partial charge in [-0.15, -0.1) is 0 Å². The van der Waals surface area contributed by atoms with E-state index in [1.165, 1.54) is 6.07 Å². The molecule has 4 rings (SSSR count). The fourth-order valence-corrected chi connectivity index (χ4v) is 3.51. The molecule has 0 fully saturated rings. The van der Waals surface area contributed by atoms with Crippen molar-refractivity contribution in [2.45, 2.75) is 6.04 Å². The molecule has 2 aromatic heterocycles. The third-order valence-electron chi connectivity index (χ3n) is 4.56. The van der Waals surface area contributed by atoms with Crippen molar-refractivity contribution in [2.24, 2.45) is 0 Å². The molecule has 144 valence electrons. The van der Waals surface area contributed by atoms with E-state index in [-0.39, 0.29) is 11.4 Å². The number of fused-ring (bicyclic) bond motifs is 1. The standard InChI is InChI=1S/C21H15ClN4O3/c22-16-12-15(21(27)20-13(16)7-5-11-24-20)19(25-18-9-3-4-10-23-18)14-6-1-2-8-17(14)26(28)29/h1-12,19,27H,(H,23,25)/t19-/m1/s1. The number of nitrogens with zero attached hydrogens (tertiary/aromatic N) is 3. The lowest BCUT2D eigenvalue weighted by molar-refractivity contribution is -0.385. The van der Waals surface area contributed by atoms with Crippen molar-refractivity contribution in [1.29, 1.82) is 0 Å². The predicted octanol–water partition coefficient (Wildman–Crippen LogP) is 5.10. The number of hydrogen-bond acceptors (Lipinski definition) is 6. The summed E-state index contributed by atoms with van der Waals surface area (Å²) in [6.45, 7) is 0. The summed E-state index contributed by atoms with van der Waals surface area (Å²) in [4.78, 5) is 19.7. The first-order valence-corrected chi connectivity index (χ1v) is 9.11. The van der Waals surface area contributed by atoms with Gasteiger partial charge in [0.25, 0.3) is 5.69 Å². The Morgan fingerprint density at radius 1 is 1.00 bits per heavy atom. The molecule has 7 nitrogen and oxygen atoms in total. The van der Waals surface area contributed by atoms with Gasteiger partial charge in [0.15, 0.2) is 0 Å². The fraction of sp³-hybridized carbons (Fsp3) is 0.0476. The Kier molecular flexibility index (Phi) is 4.97. The zero-order valence-corrected chi connectivity index (χ0v) is 15.7. The Labute approximate surface area is 170 Å². The maximum Gasteiger partial charge on any atom is 0.275 e. The highest BCUT2D eigenvalue weighted by atomic mass is 35.5. The summed E-state index contributed by atoms with van der Waals surface area (Å²) in [6, 6.07) is 15.9. The van der Waals surface area contributed by atoms with Crippen LogP contribution in [0, 0.1) is 10.1 Å². The summed E-state index contributed by atoms with van der Waals surface area (Å²) in [5.41, 5.74) is 0.963. The van der Waals surface area contributed by atoms with Gasteiger partial charge in [-0.25, -0.2) is 4.98 Å². The molecule has 2 aromatic carbocycles. The first-order valence-electron chi connectivity index (χ1n) is 8.73. The zero-order chi connectivity index (χ0) is 20.4. The first kappa shape index (κ1) is 18.6. The van der Waals surface area contributed by atoms with Crippen LogP contribution in [-0.2, 0) is 0 Å². The molecule has 8 heteroatoms.